The second-order valence-corrected chi connectivity index (χ2v) is 7.55. The molecule has 22 heavy (non-hydrogen) atoms. The van der Waals surface area contributed by atoms with E-state index in [2.05, 4.69) is 30.2 Å². The average molecular weight is 298 g/mol. The number of nitrogens with zero attached hydrogens (tertiary/aromatic N) is 1. The van der Waals surface area contributed by atoms with Crippen LogP contribution in [-0.2, 0) is 6.42 Å². The number of ether oxygens (including phenoxy) is 1. The minimum atomic E-state index is 0.264. The number of methoxy groups -OCH3 is 1. The van der Waals surface area contributed by atoms with Crippen molar-refractivity contribution >= 4 is 5.71 Å². The highest BCUT2D eigenvalue weighted by Crippen LogP contribution is 2.59. The highest BCUT2D eigenvalue weighted by molar-refractivity contribution is 5.92. The van der Waals surface area contributed by atoms with E-state index >= 15 is 0 Å². The number of fused-ring (bicyclic) bond motifs is 5. The summed E-state index contributed by atoms with van der Waals surface area (Å²) in [6.45, 7) is 2.41. The molecule has 0 unspecified atom stereocenters. The number of benzene rings is 1. The van der Waals surface area contributed by atoms with Crippen molar-refractivity contribution in [3.05, 3.63) is 29.3 Å². The molecule has 3 aliphatic carbocycles. The van der Waals surface area contributed by atoms with Crippen LogP contribution >= 0.6 is 0 Å². The Morgan fingerprint density at radius 2 is 2.09 bits per heavy atom. The third-order valence-electron chi connectivity index (χ3n) is 6.83. The van der Waals surface area contributed by atoms with Gasteiger partial charge in [-0.1, -0.05) is 13.0 Å². The Hall–Kier alpha value is -1.51. The zero-order valence-corrected chi connectivity index (χ0v) is 13.6. The molecule has 0 saturated heterocycles. The Morgan fingerprint density at radius 3 is 2.86 bits per heavy atom. The van der Waals surface area contributed by atoms with E-state index in [1.54, 1.807) is 12.7 Å². The first-order valence-electron chi connectivity index (χ1n) is 8.61. The molecule has 2 N–H and O–H groups in total. The van der Waals surface area contributed by atoms with E-state index in [4.69, 9.17) is 10.6 Å². The molecular weight excluding hydrogens is 272 g/mol. The lowest BCUT2D eigenvalue weighted by Gasteiger charge is -2.49. The van der Waals surface area contributed by atoms with Crippen molar-refractivity contribution in [2.45, 2.75) is 51.4 Å². The first-order chi connectivity index (χ1) is 10.7. The van der Waals surface area contributed by atoms with Gasteiger partial charge in [0.25, 0.3) is 0 Å². The standard InChI is InChI=1S/C19H26N2O/c1-19-10-9-15-14-6-4-13(22-2)11-12(14)3-5-16(15)17(19)7-8-18(19)21-20/h4,6,11,15-17H,3,5,7-10,20H2,1-2H3/b21-18-/t15-,16+,17+,19+/m1/s1. The molecule has 0 spiro atoms. The van der Waals surface area contributed by atoms with Crippen LogP contribution in [0.1, 0.15) is 56.1 Å². The van der Waals surface area contributed by atoms with Crippen LogP contribution in [0.15, 0.2) is 23.3 Å². The number of rotatable bonds is 1. The Morgan fingerprint density at radius 1 is 1.23 bits per heavy atom. The molecule has 3 heteroatoms. The van der Waals surface area contributed by atoms with Crippen LogP contribution in [0.2, 0.25) is 0 Å². The topological polar surface area (TPSA) is 47.6 Å². The maximum Gasteiger partial charge on any atom is 0.119 e. The normalized spacial score (nSPS) is 38.3. The van der Waals surface area contributed by atoms with E-state index in [1.807, 2.05) is 0 Å². The minimum Gasteiger partial charge on any atom is -0.497 e. The fourth-order valence-electron chi connectivity index (χ4n) is 5.69. The summed E-state index contributed by atoms with van der Waals surface area (Å²) < 4.78 is 5.40. The number of nitrogens with two attached hydrogens (primary N) is 1. The van der Waals surface area contributed by atoms with Crippen LogP contribution < -0.4 is 10.6 Å². The lowest BCUT2D eigenvalue weighted by atomic mass is 9.55. The van der Waals surface area contributed by atoms with Gasteiger partial charge in [0.2, 0.25) is 0 Å². The van der Waals surface area contributed by atoms with Gasteiger partial charge in [-0.05, 0) is 79.5 Å². The third kappa shape index (κ3) is 1.84. The summed E-state index contributed by atoms with van der Waals surface area (Å²) in [4.78, 5) is 0. The van der Waals surface area contributed by atoms with E-state index in [0.29, 0.717) is 0 Å². The molecule has 0 amide bonds. The molecule has 1 aromatic carbocycles. The Kier molecular flexibility index (Phi) is 3.21. The summed E-state index contributed by atoms with van der Waals surface area (Å²) in [6.07, 6.45) is 7.39. The van der Waals surface area contributed by atoms with Crippen molar-refractivity contribution in [1.29, 1.82) is 0 Å². The third-order valence-corrected chi connectivity index (χ3v) is 6.83. The molecule has 4 atom stereocenters. The van der Waals surface area contributed by atoms with E-state index in [0.717, 1.165) is 29.9 Å². The number of hydrogen-bond acceptors (Lipinski definition) is 3. The first kappa shape index (κ1) is 14.1. The van der Waals surface area contributed by atoms with Gasteiger partial charge in [-0.15, -0.1) is 0 Å². The first-order valence-corrected chi connectivity index (χ1v) is 8.61. The summed E-state index contributed by atoms with van der Waals surface area (Å²) in [7, 11) is 1.76. The van der Waals surface area contributed by atoms with Gasteiger partial charge in [0.05, 0.1) is 7.11 Å². The van der Waals surface area contributed by atoms with Gasteiger partial charge in [-0.2, -0.15) is 5.10 Å². The van der Waals surface area contributed by atoms with Crippen LogP contribution in [0, 0.1) is 17.3 Å². The Bertz CT molecular complexity index is 624. The van der Waals surface area contributed by atoms with Crippen molar-refractivity contribution in [2.24, 2.45) is 28.2 Å². The molecule has 3 nitrogen and oxygen atoms in total. The van der Waals surface area contributed by atoms with E-state index in [-0.39, 0.29) is 5.41 Å². The van der Waals surface area contributed by atoms with Crippen LogP contribution in [0.5, 0.6) is 5.75 Å². The molecule has 0 heterocycles. The molecule has 0 aromatic heterocycles. The molecule has 4 rings (SSSR count). The van der Waals surface area contributed by atoms with Gasteiger partial charge in [0.1, 0.15) is 5.75 Å². The monoisotopic (exact) mass is 298 g/mol. The number of hydrazone groups is 1. The smallest absolute Gasteiger partial charge is 0.119 e. The second kappa shape index (κ2) is 5.00. The molecule has 0 aliphatic heterocycles. The highest BCUT2D eigenvalue weighted by Gasteiger charge is 2.53. The van der Waals surface area contributed by atoms with Crippen molar-refractivity contribution in [3.8, 4) is 5.75 Å². The average Bonchev–Trinajstić information content (AvgIpc) is 2.90. The van der Waals surface area contributed by atoms with E-state index < -0.39 is 0 Å². The van der Waals surface area contributed by atoms with Gasteiger partial charge in [0, 0.05) is 11.1 Å². The fraction of sp³-hybridized carbons (Fsp3) is 0.632. The second-order valence-electron chi connectivity index (χ2n) is 7.55. The Labute approximate surface area is 132 Å². The summed E-state index contributed by atoms with van der Waals surface area (Å²) in [5, 5.41) is 4.15. The predicted molar refractivity (Wildman–Crippen MR) is 89.2 cm³/mol. The summed E-state index contributed by atoms with van der Waals surface area (Å²) >= 11 is 0. The van der Waals surface area contributed by atoms with Gasteiger partial charge >= 0.3 is 0 Å². The summed E-state index contributed by atoms with van der Waals surface area (Å²) in [6, 6.07) is 6.71. The molecule has 0 radical (unpaired) electrons. The SMILES string of the molecule is COc1ccc2c(c1)CC[C@H]1[C@@H]2CC[C@]2(C)/C(=N\N)CC[C@@H]12. The maximum absolute atomic E-state index is 5.68. The zero-order valence-electron chi connectivity index (χ0n) is 13.6. The van der Waals surface area contributed by atoms with Gasteiger partial charge in [-0.25, -0.2) is 0 Å². The lowest BCUT2D eigenvalue weighted by Crippen LogP contribution is -2.42. The molecule has 2 saturated carbocycles. The lowest BCUT2D eigenvalue weighted by molar-refractivity contribution is 0.0955. The van der Waals surface area contributed by atoms with Gasteiger partial charge < -0.3 is 10.6 Å². The van der Waals surface area contributed by atoms with Gasteiger partial charge in [0.15, 0.2) is 0 Å². The van der Waals surface area contributed by atoms with E-state index in [9.17, 15) is 0 Å². The molecule has 0 bridgehead atoms. The zero-order chi connectivity index (χ0) is 15.3. The molecule has 1 aromatic rings. The maximum atomic E-state index is 5.68. The fourth-order valence-corrected chi connectivity index (χ4v) is 5.69. The van der Waals surface area contributed by atoms with Crippen molar-refractivity contribution < 1.29 is 4.74 Å². The quantitative estimate of drug-likeness (QED) is 0.632. The molecular formula is C19H26N2O. The minimum absolute atomic E-state index is 0.264. The molecule has 3 aliphatic rings. The van der Waals surface area contributed by atoms with E-state index in [1.165, 1.54) is 43.4 Å². The predicted octanol–water partition coefficient (Wildman–Crippen LogP) is 3.87. The van der Waals surface area contributed by atoms with Crippen LogP contribution in [0.25, 0.3) is 0 Å². The molecule has 2 fully saturated rings. The van der Waals surface area contributed by atoms with Gasteiger partial charge in [-0.3, -0.25) is 0 Å². The summed E-state index contributed by atoms with van der Waals surface area (Å²) in [5.41, 5.74) is 4.63. The van der Waals surface area contributed by atoms with Crippen LogP contribution in [0.3, 0.4) is 0 Å². The van der Waals surface area contributed by atoms with Crippen LogP contribution in [-0.4, -0.2) is 12.8 Å². The Balaban J connectivity index is 1.69. The van der Waals surface area contributed by atoms with Crippen molar-refractivity contribution in [1.82, 2.24) is 0 Å². The largest absolute Gasteiger partial charge is 0.497 e. The van der Waals surface area contributed by atoms with Crippen LogP contribution in [0.4, 0.5) is 0 Å². The summed E-state index contributed by atoms with van der Waals surface area (Å²) in [5.74, 6) is 8.97. The molecule has 118 valence electrons. The number of aryl methyl sites for hydroxylation is 1. The van der Waals surface area contributed by atoms with Crippen molar-refractivity contribution in [2.75, 3.05) is 7.11 Å². The number of hydrogen-bond donors (Lipinski definition) is 1. The highest BCUT2D eigenvalue weighted by atomic mass is 16.5. The van der Waals surface area contributed by atoms with Crippen molar-refractivity contribution in [3.63, 3.8) is 0 Å².